The van der Waals surface area contributed by atoms with Crippen LogP contribution in [0.5, 0.6) is 11.5 Å². The van der Waals surface area contributed by atoms with Crippen LogP contribution in [0.1, 0.15) is 37.3 Å². The summed E-state index contributed by atoms with van der Waals surface area (Å²) < 4.78 is 17.1. The smallest absolute Gasteiger partial charge is 0.266 e. The first-order valence-electron chi connectivity index (χ1n) is 10.5. The van der Waals surface area contributed by atoms with Crippen LogP contribution in [0.4, 0.5) is 5.00 Å². The highest BCUT2D eigenvalue weighted by Gasteiger charge is 2.33. The number of morpholine rings is 1. The molecule has 6 nitrogen and oxygen atoms in total. The van der Waals surface area contributed by atoms with Crippen molar-refractivity contribution in [2.75, 3.05) is 45.8 Å². The number of nitrogens with zero attached hydrogens (tertiary/aromatic N) is 1. The summed E-state index contributed by atoms with van der Waals surface area (Å²) in [6, 6.07) is 9.61. The van der Waals surface area contributed by atoms with Gasteiger partial charge in [0.2, 0.25) is 0 Å². The molecule has 0 saturated carbocycles. The predicted octanol–water partition coefficient (Wildman–Crippen LogP) is 5.12. The molecule has 1 atom stereocenters. The molecule has 2 aromatic heterocycles. The highest BCUT2D eigenvalue weighted by Crippen LogP contribution is 2.46. The first-order valence-corrected chi connectivity index (χ1v) is 12.2. The van der Waals surface area contributed by atoms with Crippen molar-refractivity contribution in [1.82, 2.24) is 4.90 Å². The van der Waals surface area contributed by atoms with E-state index in [2.05, 4.69) is 30.1 Å². The highest BCUT2D eigenvalue weighted by molar-refractivity contribution is 7.17. The van der Waals surface area contributed by atoms with E-state index in [1.54, 1.807) is 25.6 Å². The molecule has 1 aromatic carbocycles. The lowest BCUT2D eigenvalue weighted by Gasteiger charge is -2.36. The van der Waals surface area contributed by atoms with Gasteiger partial charge in [-0.3, -0.25) is 9.69 Å². The summed E-state index contributed by atoms with van der Waals surface area (Å²) in [4.78, 5) is 17.2. The Morgan fingerprint density at radius 2 is 1.91 bits per heavy atom. The molecule has 32 heavy (non-hydrogen) atoms. The monoisotopic (exact) mass is 472 g/mol. The van der Waals surface area contributed by atoms with Crippen molar-refractivity contribution in [3.63, 3.8) is 0 Å². The fourth-order valence-electron chi connectivity index (χ4n) is 4.14. The molecule has 1 N–H and O–H groups in total. The van der Waals surface area contributed by atoms with Crippen molar-refractivity contribution in [1.29, 1.82) is 0 Å². The number of rotatable bonds is 7. The molecule has 0 bridgehead atoms. The van der Waals surface area contributed by atoms with Gasteiger partial charge in [0.05, 0.1) is 38.4 Å². The molecule has 4 rings (SSSR count). The average molecular weight is 473 g/mol. The van der Waals surface area contributed by atoms with E-state index in [0.717, 1.165) is 29.2 Å². The highest BCUT2D eigenvalue weighted by atomic mass is 32.1. The zero-order chi connectivity index (χ0) is 22.7. The normalized spacial score (nSPS) is 15.4. The van der Waals surface area contributed by atoms with Crippen molar-refractivity contribution < 1.29 is 19.0 Å². The Bertz CT molecular complexity index is 1070. The Hall–Kier alpha value is -2.39. The number of methoxy groups -OCH3 is 2. The van der Waals surface area contributed by atoms with Gasteiger partial charge in [-0.15, -0.1) is 22.7 Å². The topological polar surface area (TPSA) is 60.0 Å². The third-order valence-electron chi connectivity index (χ3n) is 5.82. The number of carbonyl (C=O) groups is 1. The Balaban J connectivity index is 1.85. The number of hydrogen-bond acceptors (Lipinski definition) is 7. The molecule has 1 fully saturated rings. The molecule has 3 heterocycles. The summed E-state index contributed by atoms with van der Waals surface area (Å²) in [5.74, 6) is 1.32. The van der Waals surface area contributed by atoms with Gasteiger partial charge < -0.3 is 19.5 Å². The van der Waals surface area contributed by atoms with E-state index >= 15 is 0 Å². The van der Waals surface area contributed by atoms with Crippen molar-refractivity contribution in [2.45, 2.75) is 19.9 Å². The van der Waals surface area contributed by atoms with Crippen LogP contribution in [0.2, 0.25) is 0 Å². The number of ether oxygens (including phenoxy) is 3. The van der Waals surface area contributed by atoms with Gasteiger partial charge in [0, 0.05) is 29.1 Å². The van der Waals surface area contributed by atoms with E-state index < -0.39 is 0 Å². The van der Waals surface area contributed by atoms with Crippen LogP contribution in [-0.4, -0.2) is 51.3 Å². The van der Waals surface area contributed by atoms with Gasteiger partial charge in [-0.25, -0.2) is 0 Å². The summed E-state index contributed by atoms with van der Waals surface area (Å²) in [6.07, 6.45) is 0. The fourth-order valence-corrected chi connectivity index (χ4v) is 5.84. The lowest BCUT2D eigenvalue weighted by molar-refractivity contribution is 0.0235. The van der Waals surface area contributed by atoms with E-state index in [9.17, 15) is 4.79 Å². The molecule has 0 radical (unpaired) electrons. The molecular formula is C24H28N2O4S2. The summed E-state index contributed by atoms with van der Waals surface area (Å²) in [6.45, 7) is 7.14. The quantitative estimate of drug-likeness (QED) is 0.517. The Morgan fingerprint density at radius 1 is 1.12 bits per heavy atom. The van der Waals surface area contributed by atoms with Gasteiger partial charge in [-0.2, -0.15) is 0 Å². The number of aryl methyl sites for hydroxylation is 1. The molecule has 0 spiro atoms. The van der Waals surface area contributed by atoms with Gasteiger partial charge in [-0.1, -0.05) is 18.2 Å². The SMILES string of the molecule is COc1cccc([C@@H](c2c(NC(=O)c3cccs3)sc(C)c2C)N2CCOCC2)c1OC. The van der Waals surface area contributed by atoms with Crippen LogP contribution in [0.15, 0.2) is 35.7 Å². The lowest BCUT2D eigenvalue weighted by atomic mass is 9.93. The number of benzene rings is 1. The molecule has 170 valence electrons. The van der Waals surface area contributed by atoms with Crippen LogP contribution in [0.3, 0.4) is 0 Å². The maximum atomic E-state index is 12.9. The lowest BCUT2D eigenvalue weighted by Crippen LogP contribution is -2.40. The Labute approximate surface area is 196 Å². The maximum absolute atomic E-state index is 12.9. The van der Waals surface area contributed by atoms with E-state index in [-0.39, 0.29) is 11.9 Å². The Kier molecular flexibility index (Phi) is 7.15. The zero-order valence-electron chi connectivity index (χ0n) is 18.8. The molecule has 0 aliphatic carbocycles. The molecule has 3 aromatic rings. The standard InChI is InChI=1S/C24H28N2O4S2/c1-15-16(2)32-24(25-23(27)19-9-6-14-31-19)20(15)21(26-10-12-30-13-11-26)17-7-5-8-18(28-3)22(17)29-4/h5-9,14,21H,10-13H2,1-4H3,(H,25,27)/t21-/m0/s1. The van der Waals surface area contributed by atoms with E-state index in [0.29, 0.717) is 29.6 Å². The molecule has 1 amide bonds. The molecular weight excluding hydrogens is 444 g/mol. The number of thiophene rings is 2. The van der Waals surface area contributed by atoms with E-state index in [1.807, 2.05) is 29.6 Å². The summed E-state index contributed by atoms with van der Waals surface area (Å²) in [7, 11) is 3.32. The summed E-state index contributed by atoms with van der Waals surface area (Å²) in [5, 5.41) is 5.98. The second-order valence-electron chi connectivity index (χ2n) is 7.59. The maximum Gasteiger partial charge on any atom is 0.266 e. The van der Waals surface area contributed by atoms with Crippen LogP contribution in [-0.2, 0) is 4.74 Å². The third-order valence-corrected chi connectivity index (χ3v) is 7.82. The van der Waals surface area contributed by atoms with Gasteiger partial charge in [0.15, 0.2) is 11.5 Å². The largest absolute Gasteiger partial charge is 0.493 e. The predicted molar refractivity (Wildman–Crippen MR) is 130 cm³/mol. The fraction of sp³-hybridized carbons (Fsp3) is 0.375. The molecule has 8 heteroatoms. The van der Waals surface area contributed by atoms with E-state index in [4.69, 9.17) is 14.2 Å². The molecule has 0 unspecified atom stereocenters. The summed E-state index contributed by atoms with van der Waals surface area (Å²) in [5.41, 5.74) is 3.30. The van der Waals surface area contributed by atoms with Gasteiger partial charge in [0.25, 0.3) is 5.91 Å². The van der Waals surface area contributed by atoms with Gasteiger partial charge in [-0.05, 0) is 36.9 Å². The first-order chi connectivity index (χ1) is 15.5. The molecule has 1 saturated heterocycles. The third kappa shape index (κ3) is 4.41. The minimum Gasteiger partial charge on any atom is -0.493 e. The zero-order valence-corrected chi connectivity index (χ0v) is 20.4. The van der Waals surface area contributed by atoms with Crippen LogP contribution in [0, 0.1) is 13.8 Å². The number of carbonyl (C=O) groups excluding carboxylic acids is 1. The Morgan fingerprint density at radius 3 is 2.56 bits per heavy atom. The number of anilines is 1. The van der Waals surface area contributed by atoms with Gasteiger partial charge in [0.1, 0.15) is 5.00 Å². The number of hydrogen-bond donors (Lipinski definition) is 1. The molecule has 1 aliphatic rings. The first kappa shape index (κ1) is 22.8. The second-order valence-corrected chi connectivity index (χ2v) is 9.76. The van der Waals surface area contributed by atoms with Crippen LogP contribution < -0.4 is 14.8 Å². The van der Waals surface area contributed by atoms with E-state index in [1.165, 1.54) is 21.8 Å². The van der Waals surface area contributed by atoms with Crippen molar-refractivity contribution in [3.05, 3.63) is 62.2 Å². The van der Waals surface area contributed by atoms with Crippen molar-refractivity contribution in [2.24, 2.45) is 0 Å². The van der Waals surface area contributed by atoms with Crippen molar-refractivity contribution in [3.8, 4) is 11.5 Å². The minimum atomic E-state index is -0.104. The van der Waals surface area contributed by atoms with Gasteiger partial charge >= 0.3 is 0 Å². The van der Waals surface area contributed by atoms with Crippen LogP contribution >= 0.6 is 22.7 Å². The van der Waals surface area contributed by atoms with Crippen molar-refractivity contribution >= 4 is 33.6 Å². The number of para-hydroxylation sites is 1. The van der Waals surface area contributed by atoms with Crippen LogP contribution in [0.25, 0.3) is 0 Å². The number of nitrogens with one attached hydrogen (secondary N) is 1. The minimum absolute atomic E-state index is 0.0826. The number of amides is 1. The molecule has 1 aliphatic heterocycles. The summed E-state index contributed by atoms with van der Waals surface area (Å²) >= 11 is 3.06. The average Bonchev–Trinajstić information content (AvgIpc) is 3.45. The second kappa shape index (κ2) is 10.0.